The van der Waals surface area contributed by atoms with Crippen molar-refractivity contribution in [1.82, 2.24) is 4.57 Å². The van der Waals surface area contributed by atoms with Crippen LogP contribution < -0.4 is 29.4 Å². The number of thiazole rings is 1. The number of nitrogens with zero attached hydrogens (tertiary/aromatic N) is 4. The predicted octanol–water partition coefficient (Wildman–Crippen LogP) is 1.89. The molecular weight excluding hydrogens is 548 g/mol. The molecule has 2 aliphatic rings. The van der Waals surface area contributed by atoms with E-state index >= 15 is 0 Å². The highest BCUT2D eigenvalue weighted by molar-refractivity contribution is 8.08. The van der Waals surface area contributed by atoms with Gasteiger partial charge < -0.3 is 14.2 Å². The van der Waals surface area contributed by atoms with E-state index in [4.69, 9.17) is 4.74 Å². The van der Waals surface area contributed by atoms with Crippen LogP contribution in [0.15, 0.2) is 74.8 Å². The van der Waals surface area contributed by atoms with Gasteiger partial charge in [-0.05, 0) is 43.3 Å². The summed E-state index contributed by atoms with van der Waals surface area (Å²) in [7, 11) is -1.16. The van der Waals surface area contributed by atoms with Crippen LogP contribution in [-0.2, 0) is 21.5 Å². The highest BCUT2D eigenvalue weighted by Crippen LogP contribution is 2.46. The van der Waals surface area contributed by atoms with Gasteiger partial charge in [-0.25, -0.2) is 8.42 Å². The van der Waals surface area contributed by atoms with Crippen molar-refractivity contribution in [3.63, 3.8) is 0 Å². The lowest BCUT2D eigenvalue weighted by Crippen LogP contribution is -2.35. The molecule has 10 nitrogen and oxygen atoms in total. The van der Waals surface area contributed by atoms with Crippen molar-refractivity contribution in [1.29, 1.82) is 0 Å². The molecule has 1 aromatic heterocycles. The van der Waals surface area contributed by atoms with E-state index < -0.39 is 20.9 Å². The third kappa shape index (κ3) is 4.26. The van der Waals surface area contributed by atoms with E-state index in [0.717, 1.165) is 32.8 Å². The first-order valence-corrected chi connectivity index (χ1v) is 14.2. The van der Waals surface area contributed by atoms with Gasteiger partial charge in [0.15, 0.2) is 0 Å². The Balaban J connectivity index is 1.66. The number of hydrogen-bond donors (Lipinski definition) is 0. The van der Waals surface area contributed by atoms with Crippen molar-refractivity contribution in [3.05, 3.63) is 74.7 Å². The summed E-state index contributed by atoms with van der Waals surface area (Å²) in [5.41, 5.74) is 1.59. The Morgan fingerprint density at radius 3 is 2.50 bits per heavy atom. The normalized spacial score (nSPS) is 18.1. The zero-order chi connectivity index (χ0) is 27.4. The third-order valence-electron chi connectivity index (χ3n) is 6.03. The van der Waals surface area contributed by atoms with Gasteiger partial charge >= 0.3 is 0 Å². The van der Waals surface area contributed by atoms with E-state index in [2.05, 4.69) is 11.7 Å². The molecule has 0 radical (unpaired) electrons. The molecule has 0 bridgehead atoms. The number of amides is 1. The number of carbonyl (C=O) groups is 1. The molecule has 13 heteroatoms. The van der Waals surface area contributed by atoms with Crippen LogP contribution in [0, 0.1) is 0 Å². The summed E-state index contributed by atoms with van der Waals surface area (Å²) >= 11 is 2.67. The zero-order valence-electron chi connectivity index (χ0n) is 20.5. The molecule has 38 heavy (non-hydrogen) atoms. The monoisotopic (exact) mass is 569 g/mol. The Morgan fingerprint density at radius 1 is 1.16 bits per heavy atom. The minimum atomic E-state index is -4.63. The number of carbonyl (C=O) groups excluding carboxylic acids is 1. The van der Waals surface area contributed by atoms with Crippen molar-refractivity contribution < 1.29 is 22.5 Å². The number of benzene rings is 2. The SMILES string of the molecule is C=CCn1c(=C2C(=O)N(c3ccc(S(=O)(=O)[O-])cc3)N=C2C)sc(=C2Sc3ccc(OC)cc3N2C)c1=O. The average molecular weight is 570 g/mol. The van der Waals surface area contributed by atoms with E-state index in [0.29, 0.717) is 20.7 Å². The van der Waals surface area contributed by atoms with Gasteiger partial charge in [0.1, 0.15) is 30.1 Å². The Morgan fingerprint density at radius 2 is 1.87 bits per heavy atom. The maximum Gasteiger partial charge on any atom is 0.283 e. The minimum Gasteiger partial charge on any atom is -0.744 e. The molecular formula is C25H21N4O6S3-. The lowest BCUT2D eigenvalue weighted by Gasteiger charge is -2.13. The molecule has 2 aliphatic heterocycles. The quantitative estimate of drug-likeness (QED) is 0.337. The first-order chi connectivity index (χ1) is 18.0. The first-order valence-electron chi connectivity index (χ1n) is 11.2. The van der Waals surface area contributed by atoms with Gasteiger partial charge in [0.05, 0.1) is 34.7 Å². The summed E-state index contributed by atoms with van der Waals surface area (Å²) in [5.74, 6) is 0.226. The van der Waals surface area contributed by atoms with E-state index in [1.165, 1.54) is 39.8 Å². The molecule has 1 amide bonds. The minimum absolute atomic E-state index is 0.188. The molecule has 0 fully saturated rings. The lowest BCUT2D eigenvalue weighted by atomic mass is 10.2. The smallest absolute Gasteiger partial charge is 0.283 e. The maximum atomic E-state index is 13.6. The standard InChI is InChI=1S/C25H22N4O6S3/c1-5-12-28-23(31)21(25-27(3)18-13-16(35-4)8-11-19(18)36-25)37-24(28)20-14(2)26-29(22(20)30)15-6-9-17(10-7-15)38(32,33)34/h5-11,13H,1,12H2,2-4H3,(H,32,33,34)/p-1. The molecule has 196 valence electrons. The number of ether oxygens (including phenoxy) is 1. The van der Waals surface area contributed by atoms with Crippen LogP contribution in [0.25, 0.3) is 10.6 Å². The number of rotatable bonds is 5. The molecule has 0 saturated heterocycles. The largest absolute Gasteiger partial charge is 0.744 e. The Bertz CT molecular complexity index is 1820. The molecule has 2 aromatic carbocycles. The Hall–Kier alpha value is -3.65. The second-order valence-corrected chi connectivity index (χ2v) is 11.8. The molecule has 0 atom stereocenters. The molecule has 0 saturated carbocycles. The van der Waals surface area contributed by atoms with Gasteiger partial charge in [0.2, 0.25) is 0 Å². The Kier molecular flexibility index (Phi) is 6.55. The molecule has 0 spiro atoms. The van der Waals surface area contributed by atoms with Crippen molar-refractivity contribution >= 4 is 66.8 Å². The van der Waals surface area contributed by atoms with Gasteiger partial charge in [-0.15, -0.1) is 17.9 Å². The van der Waals surface area contributed by atoms with Crippen molar-refractivity contribution in [3.8, 4) is 5.75 Å². The highest BCUT2D eigenvalue weighted by atomic mass is 32.2. The summed E-state index contributed by atoms with van der Waals surface area (Å²) in [6.45, 7) is 5.62. The molecule has 3 heterocycles. The van der Waals surface area contributed by atoms with E-state index in [1.807, 2.05) is 30.1 Å². The molecule has 0 unspecified atom stereocenters. The number of thioether (sulfide) groups is 1. The van der Waals surface area contributed by atoms with Gasteiger partial charge in [-0.3, -0.25) is 14.2 Å². The number of hydrogen-bond acceptors (Lipinski definition) is 10. The summed E-state index contributed by atoms with van der Waals surface area (Å²) in [4.78, 5) is 29.6. The second kappa shape index (κ2) is 9.58. The summed E-state index contributed by atoms with van der Waals surface area (Å²) in [6.07, 6.45) is 1.59. The fourth-order valence-corrected chi connectivity index (χ4v) is 7.16. The van der Waals surface area contributed by atoms with E-state index in [-0.39, 0.29) is 23.4 Å². The van der Waals surface area contributed by atoms with Gasteiger partial charge in [-0.2, -0.15) is 10.1 Å². The predicted molar refractivity (Wildman–Crippen MR) is 147 cm³/mol. The third-order valence-corrected chi connectivity index (χ3v) is 9.43. The summed E-state index contributed by atoms with van der Waals surface area (Å²) in [6, 6.07) is 10.6. The first kappa shape index (κ1) is 26.0. The van der Waals surface area contributed by atoms with E-state index in [9.17, 15) is 22.6 Å². The van der Waals surface area contributed by atoms with Crippen LogP contribution in [0.5, 0.6) is 5.75 Å². The maximum absolute atomic E-state index is 13.6. The summed E-state index contributed by atoms with van der Waals surface area (Å²) < 4.78 is 41.6. The molecule has 0 aliphatic carbocycles. The molecule has 3 aromatic rings. The van der Waals surface area contributed by atoms with Crippen LogP contribution in [-0.4, -0.2) is 43.3 Å². The summed E-state index contributed by atoms with van der Waals surface area (Å²) in [5, 5.41) is 6.22. The molecule has 5 rings (SSSR count). The average Bonchev–Trinajstić information content (AvgIpc) is 3.49. The fourth-order valence-electron chi connectivity index (χ4n) is 4.16. The second-order valence-electron chi connectivity index (χ2n) is 8.37. The number of methoxy groups -OCH3 is 1. The van der Waals surface area contributed by atoms with Crippen LogP contribution in [0.4, 0.5) is 11.4 Å². The van der Waals surface area contributed by atoms with Crippen LogP contribution >= 0.6 is 23.1 Å². The van der Waals surface area contributed by atoms with Gasteiger partial charge in [0.25, 0.3) is 11.5 Å². The van der Waals surface area contributed by atoms with E-state index in [1.54, 1.807) is 20.1 Å². The fraction of sp³-hybridized carbons (Fsp3) is 0.160. The van der Waals surface area contributed by atoms with Gasteiger partial charge in [0, 0.05) is 24.6 Å². The van der Waals surface area contributed by atoms with Crippen molar-refractivity contribution in [2.75, 3.05) is 24.1 Å². The lowest BCUT2D eigenvalue weighted by molar-refractivity contribution is -0.112. The number of anilines is 2. The highest BCUT2D eigenvalue weighted by Gasteiger charge is 2.32. The van der Waals surface area contributed by atoms with Gasteiger partial charge in [-0.1, -0.05) is 17.8 Å². The number of hydrazone groups is 1. The van der Waals surface area contributed by atoms with Crippen LogP contribution in [0.2, 0.25) is 0 Å². The van der Waals surface area contributed by atoms with Crippen molar-refractivity contribution in [2.24, 2.45) is 5.10 Å². The number of allylic oxidation sites excluding steroid dienone is 1. The zero-order valence-corrected chi connectivity index (χ0v) is 22.9. The Labute approximate surface area is 226 Å². The molecule has 0 N–H and O–H groups in total. The number of fused-ring (bicyclic) bond motifs is 1. The van der Waals surface area contributed by atoms with Crippen molar-refractivity contribution in [2.45, 2.75) is 23.3 Å². The van der Waals surface area contributed by atoms with Crippen LogP contribution in [0.3, 0.4) is 0 Å². The van der Waals surface area contributed by atoms with Crippen LogP contribution in [0.1, 0.15) is 6.92 Å². The number of aromatic nitrogens is 1. The topological polar surface area (TPSA) is 124 Å².